The average Bonchev–Trinajstić information content (AvgIpc) is 3.07. The minimum Gasteiger partial charge on any atom is -0.365 e. The van der Waals surface area contributed by atoms with Crippen LogP contribution in [0.2, 0.25) is 0 Å². The van der Waals surface area contributed by atoms with Crippen molar-refractivity contribution in [2.75, 3.05) is 5.32 Å². The highest BCUT2D eigenvalue weighted by molar-refractivity contribution is 5.87. The predicted octanol–water partition coefficient (Wildman–Crippen LogP) is 3.71. The van der Waals surface area contributed by atoms with Crippen molar-refractivity contribution in [3.05, 3.63) is 78.3 Å². The third kappa shape index (κ3) is 3.03. The largest absolute Gasteiger partial charge is 0.365 e. The normalized spacial score (nSPS) is 11.0. The Hall–Kier alpha value is -3.35. The van der Waals surface area contributed by atoms with Crippen molar-refractivity contribution >= 4 is 16.9 Å². The average molecular weight is 337 g/mol. The van der Waals surface area contributed by atoms with Gasteiger partial charge in [-0.3, -0.25) is 0 Å². The molecule has 25 heavy (non-hydrogen) atoms. The summed E-state index contributed by atoms with van der Waals surface area (Å²) in [6.45, 7) is 0.494. The van der Waals surface area contributed by atoms with Gasteiger partial charge in [-0.25, -0.2) is 23.4 Å². The lowest BCUT2D eigenvalue weighted by Gasteiger charge is -2.07. The zero-order valence-corrected chi connectivity index (χ0v) is 13.0. The molecule has 0 radical (unpaired) electrons. The molecule has 4 rings (SSSR count). The van der Waals surface area contributed by atoms with Gasteiger partial charge in [0.05, 0.1) is 17.3 Å². The molecular weight excluding hydrogens is 324 g/mol. The summed E-state index contributed by atoms with van der Waals surface area (Å²) in [6, 6.07) is 12.3. The number of aromatic nitrogens is 4. The van der Waals surface area contributed by atoms with Crippen molar-refractivity contribution in [1.82, 2.24) is 19.7 Å². The number of halogens is 2. The topological polar surface area (TPSA) is 55.6 Å². The van der Waals surface area contributed by atoms with Crippen LogP contribution in [0.1, 0.15) is 5.56 Å². The van der Waals surface area contributed by atoms with Crippen molar-refractivity contribution in [3.8, 4) is 5.69 Å². The molecule has 2 aromatic heterocycles. The van der Waals surface area contributed by atoms with E-state index in [4.69, 9.17) is 0 Å². The number of nitrogens with one attached hydrogen (secondary N) is 1. The van der Waals surface area contributed by atoms with E-state index in [2.05, 4.69) is 20.4 Å². The molecule has 124 valence electrons. The first-order valence-corrected chi connectivity index (χ1v) is 7.64. The molecule has 0 spiro atoms. The molecule has 2 aromatic carbocycles. The quantitative estimate of drug-likeness (QED) is 0.617. The molecule has 7 heteroatoms. The maximum Gasteiger partial charge on any atom is 0.168 e. The van der Waals surface area contributed by atoms with Gasteiger partial charge in [-0.05, 0) is 42.0 Å². The van der Waals surface area contributed by atoms with Crippen LogP contribution in [0.4, 0.5) is 14.6 Å². The lowest BCUT2D eigenvalue weighted by Crippen LogP contribution is -2.03. The van der Waals surface area contributed by atoms with Crippen molar-refractivity contribution in [2.45, 2.75) is 6.54 Å². The van der Waals surface area contributed by atoms with Crippen molar-refractivity contribution in [3.63, 3.8) is 0 Å². The molecule has 0 aliphatic carbocycles. The Morgan fingerprint density at radius 2 is 1.56 bits per heavy atom. The number of hydrogen-bond donors (Lipinski definition) is 1. The smallest absolute Gasteiger partial charge is 0.168 e. The maximum absolute atomic E-state index is 13.1. The minimum absolute atomic E-state index is 0.270. The van der Waals surface area contributed by atoms with Crippen LogP contribution in [0.25, 0.3) is 16.7 Å². The predicted molar refractivity (Wildman–Crippen MR) is 90.3 cm³/mol. The lowest BCUT2D eigenvalue weighted by atomic mass is 10.2. The van der Waals surface area contributed by atoms with Crippen molar-refractivity contribution < 1.29 is 8.78 Å². The van der Waals surface area contributed by atoms with Gasteiger partial charge < -0.3 is 5.32 Å². The second kappa shape index (κ2) is 6.27. The molecule has 0 saturated carbocycles. The molecule has 5 nitrogen and oxygen atoms in total. The van der Waals surface area contributed by atoms with Crippen molar-refractivity contribution in [2.24, 2.45) is 0 Å². The fourth-order valence-corrected chi connectivity index (χ4v) is 2.54. The Kier molecular flexibility index (Phi) is 3.81. The van der Waals surface area contributed by atoms with E-state index in [0.717, 1.165) is 10.9 Å². The van der Waals surface area contributed by atoms with Gasteiger partial charge in [0.25, 0.3) is 0 Å². The SMILES string of the molecule is Fc1ccc(CNc2ncnc3c2cnn3-c2ccc(F)cc2)cc1. The van der Waals surface area contributed by atoms with Crippen LogP contribution in [-0.4, -0.2) is 19.7 Å². The van der Waals surface area contributed by atoms with Crippen LogP contribution < -0.4 is 5.32 Å². The number of nitrogens with zero attached hydrogens (tertiary/aromatic N) is 4. The van der Waals surface area contributed by atoms with E-state index in [1.54, 1.807) is 35.1 Å². The Balaban J connectivity index is 1.64. The first-order valence-electron chi connectivity index (χ1n) is 7.64. The van der Waals surface area contributed by atoms with E-state index in [1.807, 2.05) is 0 Å². The third-order valence-electron chi connectivity index (χ3n) is 3.81. The molecule has 0 bridgehead atoms. The number of hydrogen-bond acceptors (Lipinski definition) is 4. The van der Waals surface area contributed by atoms with Gasteiger partial charge in [0.2, 0.25) is 0 Å². The summed E-state index contributed by atoms with van der Waals surface area (Å²) in [5, 5.41) is 8.28. The zero-order valence-electron chi connectivity index (χ0n) is 13.0. The molecule has 0 amide bonds. The van der Waals surface area contributed by atoms with Crippen molar-refractivity contribution in [1.29, 1.82) is 0 Å². The monoisotopic (exact) mass is 337 g/mol. The zero-order chi connectivity index (χ0) is 17.2. The summed E-state index contributed by atoms with van der Waals surface area (Å²) < 4.78 is 27.7. The van der Waals surface area contributed by atoms with Crippen LogP contribution in [-0.2, 0) is 6.54 Å². The highest BCUT2D eigenvalue weighted by Gasteiger charge is 2.11. The van der Waals surface area contributed by atoms with E-state index in [9.17, 15) is 8.78 Å². The van der Waals surface area contributed by atoms with Gasteiger partial charge in [0.15, 0.2) is 5.65 Å². The summed E-state index contributed by atoms with van der Waals surface area (Å²) in [4.78, 5) is 8.52. The van der Waals surface area contributed by atoms with Gasteiger partial charge in [0.1, 0.15) is 23.8 Å². The molecule has 4 aromatic rings. The summed E-state index contributed by atoms with van der Waals surface area (Å²) in [7, 11) is 0. The van der Waals surface area contributed by atoms with E-state index in [-0.39, 0.29) is 11.6 Å². The van der Waals surface area contributed by atoms with Gasteiger partial charge in [-0.2, -0.15) is 5.10 Å². The molecule has 0 atom stereocenters. The fourth-order valence-electron chi connectivity index (χ4n) is 2.54. The highest BCUT2D eigenvalue weighted by Crippen LogP contribution is 2.22. The standard InChI is InChI=1S/C18H13F2N5/c19-13-3-1-12(2-4-13)9-21-17-16-10-24-25(18(16)23-11-22-17)15-7-5-14(20)6-8-15/h1-8,10-11H,9H2,(H,21,22,23). The first-order chi connectivity index (χ1) is 12.2. The summed E-state index contributed by atoms with van der Waals surface area (Å²) in [6.07, 6.45) is 3.10. The highest BCUT2D eigenvalue weighted by atomic mass is 19.1. The van der Waals surface area contributed by atoms with Crippen LogP contribution in [0.5, 0.6) is 0 Å². The molecule has 0 saturated heterocycles. The van der Waals surface area contributed by atoms with Crippen LogP contribution >= 0.6 is 0 Å². The molecule has 1 N–H and O–H groups in total. The van der Waals surface area contributed by atoms with E-state index < -0.39 is 0 Å². The molecule has 0 aliphatic rings. The third-order valence-corrected chi connectivity index (χ3v) is 3.81. The summed E-state index contributed by atoms with van der Waals surface area (Å²) in [5.74, 6) is 0.0490. The molecule has 0 fully saturated rings. The number of rotatable bonds is 4. The van der Waals surface area contributed by atoms with Crippen LogP contribution in [0.3, 0.4) is 0 Å². The van der Waals surface area contributed by atoms with Gasteiger partial charge in [-0.15, -0.1) is 0 Å². The number of benzene rings is 2. The van der Waals surface area contributed by atoms with E-state index in [1.165, 1.54) is 30.6 Å². The second-order valence-corrected chi connectivity index (χ2v) is 5.47. The number of anilines is 1. The molecule has 0 unspecified atom stereocenters. The Bertz CT molecular complexity index is 1010. The van der Waals surface area contributed by atoms with Crippen LogP contribution in [0.15, 0.2) is 61.1 Å². The maximum atomic E-state index is 13.1. The van der Waals surface area contributed by atoms with Crippen LogP contribution in [0, 0.1) is 11.6 Å². The Morgan fingerprint density at radius 1 is 0.880 bits per heavy atom. The molecular formula is C18H13F2N5. The van der Waals surface area contributed by atoms with Gasteiger partial charge >= 0.3 is 0 Å². The summed E-state index contributed by atoms with van der Waals surface area (Å²) in [5.41, 5.74) is 2.25. The second-order valence-electron chi connectivity index (χ2n) is 5.47. The Labute approximate surface area is 142 Å². The fraction of sp³-hybridized carbons (Fsp3) is 0.0556. The Morgan fingerprint density at radius 3 is 2.28 bits per heavy atom. The molecule has 0 aliphatic heterocycles. The summed E-state index contributed by atoms with van der Waals surface area (Å²) >= 11 is 0. The number of fused-ring (bicyclic) bond motifs is 1. The first kappa shape index (κ1) is 15.2. The molecule has 2 heterocycles. The van der Waals surface area contributed by atoms with E-state index >= 15 is 0 Å². The van der Waals surface area contributed by atoms with Gasteiger partial charge in [0, 0.05) is 6.54 Å². The minimum atomic E-state index is -0.309. The lowest BCUT2D eigenvalue weighted by molar-refractivity contribution is 0.626. The van der Waals surface area contributed by atoms with Gasteiger partial charge in [-0.1, -0.05) is 12.1 Å². The van der Waals surface area contributed by atoms with E-state index in [0.29, 0.717) is 23.7 Å².